The van der Waals surface area contributed by atoms with Gasteiger partial charge in [-0.25, -0.2) is 4.98 Å². The number of hydrogen-bond acceptors (Lipinski definition) is 5. The van der Waals surface area contributed by atoms with Gasteiger partial charge in [0.1, 0.15) is 0 Å². The van der Waals surface area contributed by atoms with Crippen LogP contribution in [0.15, 0.2) is 53.7 Å². The van der Waals surface area contributed by atoms with Gasteiger partial charge in [-0.1, -0.05) is 19.9 Å². The number of aromatic nitrogens is 4. The zero-order chi connectivity index (χ0) is 20.0. The van der Waals surface area contributed by atoms with Gasteiger partial charge in [0.25, 0.3) is 5.56 Å². The third-order valence-corrected chi connectivity index (χ3v) is 5.91. The summed E-state index contributed by atoms with van der Waals surface area (Å²) < 4.78 is 1.84. The Balaban J connectivity index is 1.51. The third-order valence-electron chi connectivity index (χ3n) is 5.91. The lowest BCUT2D eigenvalue weighted by Gasteiger charge is -2.41. The van der Waals surface area contributed by atoms with Gasteiger partial charge in [-0.05, 0) is 42.5 Å². The van der Waals surface area contributed by atoms with Crippen molar-refractivity contribution in [3.63, 3.8) is 0 Å². The molecular weight excluding hydrogens is 362 g/mol. The first-order chi connectivity index (χ1) is 14.0. The Kier molecular flexibility index (Phi) is 4.23. The minimum absolute atomic E-state index is 0.0101. The molecule has 29 heavy (non-hydrogen) atoms. The second kappa shape index (κ2) is 6.79. The third kappa shape index (κ3) is 3.43. The summed E-state index contributed by atoms with van der Waals surface area (Å²) >= 11 is 0. The largest absolute Gasteiger partial charge is 0.341 e. The molecule has 1 aliphatic heterocycles. The molecule has 0 saturated carbocycles. The fraction of sp³-hybridized carbons (Fsp3) is 0.391. The van der Waals surface area contributed by atoms with Crippen LogP contribution in [0.1, 0.15) is 25.1 Å². The summed E-state index contributed by atoms with van der Waals surface area (Å²) in [5.74, 6) is 1.27. The van der Waals surface area contributed by atoms with E-state index >= 15 is 0 Å². The Morgan fingerprint density at radius 3 is 2.72 bits per heavy atom. The van der Waals surface area contributed by atoms with Crippen LogP contribution in [0.5, 0.6) is 0 Å². The lowest BCUT2D eigenvalue weighted by Crippen LogP contribution is -2.49. The van der Waals surface area contributed by atoms with Gasteiger partial charge in [-0.2, -0.15) is 0 Å². The molecule has 0 amide bonds. The molecule has 0 radical (unpaired) electrons. The molecular formula is C23H25N5O. The first kappa shape index (κ1) is 18.0. The summed E-state index contributed by atoms with van der Waals surface area (Å²) in [6.45, 7) is 6.90. The van der Waals surface area contributed by atoms with Crippen molar-refractivity contribution in [2.24, 2.45) is 11.3 Å². The van der Waals surface area contributed by atoms with Gasteiger partial charge < -0.3 is 4.90 Å². The van der Waals surface area contributed by atoms with E-state index in [2.05, 4.69) is 34.8 Å². The second-order valence-electron chi connectivity index (χ2n) is 9.03. The molecule has 0 spiro atoms. The maximum atomic E-state index is 13.0. The minimum Gasteiger partial charge on any atom is -0.341 e. The van der Waals surface area contributed by atoms with E-state index in [4.69, 9.17) is 4.98 Å². The number of anilines is 1. The molecule has 1 aliphatic carbocycles. The highest BCUT2D eigenvalue weighted by molar-refractivity contribution is 5.59. The van der Waals surface area contributed by atoms with Crippen LogP contribution >= 0.6 is 0 Å². The van der Waals surface area contributed by atoms with E-state index in [-0.39, 0.29) is 11.0 Å². The van der Waals surface area contributed by atoms with Crippen LogP contribution in [-0.4, -0.2) is 32.6 Å². The Morgan fingerprint density at radius 1 is 1.10 bits per heavy atom. The van der Waals surface area contributed by atoms with Gasteiger partial charge in [0.2, 0.25) is 5.95 Å². The van der Waals surface area contributed by atoms with E-state index in [1.165, 1.54) is 11.3 Å². The topological polar surface area (TPSA) is 63.9 Å². The van der Waals surface area contributed by atoms with Crippen molar-refractivity contribution in [1.82, 2.24) is 19.5 Å². The second-order valence-corrected chi connectivity index (χ2v) is 9.03. The van der Waals surface area contributed by atoms with E-state index in [0.717, 1.165) is 37.4 Å². The Bertz CT molecular complexity index is 1080. The summed E-state index contributed by atoms with van der Waals surface area (Å²) in [6, 6.07) is 9.64. The van der Waals surface area contributed by atoms with Gasteiger partial charge in [-0.3, -0.25) is 19.3 Å². The molecule has 2 aliphatic rings. The van der Waals surface area contributed by atoms with E-state index < -0.39 is 0 Å². The minimum atomic E-state index is 0.0101. The molecule has 0 saturated heterocycles. The van der Waals surface area contributed by atoms with Crippen LogP contribution in [-0.2, 0) is 19.4 Å². The maximum Gasteiger partial charge on any atom is 0.255 e. The molecule has 5 rings (SSSR count). The first-order valence-corrected chi connectivity index (χ1v) is 10.2. The van der Waals surface area contributed by atoms with E-state index in [1.807, 2.05) is 29.0 Å². The monoisotopic (exact) mass is 387 g/mol. The SMILES string of the molecule is CC1(C)CN(CC2Cc3cccnc3C2)c2nc(-c3ccncc3)cc(=O)n2C1. The standard InChI is InChI=1S/C23H25N5O/c1-23(2)14-27(13-16-10-18-4-3-7-25-19(18)11-16)22-26-20(12-21(29)28(22)15-23)17-5-8-24-9-6-17/h3-9,12,16H,10-11,13-15H2,1-2H3. The zero-order valence-electron chi connectivity index (χ0n) is 16.9. The fourth-order valence-corrected chi connectivity index (χ4v) is 4.70. The predicted molar refractivity (Wildman–Crippen MR) is 113 cm³/mol. The van der Waals surface area contributed by atoms with Crippen LogP contribution < -0.4 is 10.5 Å². The van der Waals surface area contributed by atoms with Gasteiger partial charge >= 0.3 is 0 Å². The number of nitrogens with zero attached hydrogens (tertiary/aromatic N) is 5. The average Bonchev–Trinajstić information content (AvgIpc) is 3.11. The normalized spacial score (nSPS) is 19.7. The highest BCUT2D eigenvalue weighted by atomic mass is 16.1. The Hall–Kier alpha value is -3.02. The zero-order valence-corrected chi connectivity index (χ0v) is 16.9. The van der Waals surface area contributed by atoms with Crippen molar-refractivity contribution in [1.29, 1.82) is 0 Å². The van der Waals surface area contributed by atoms with Crippen LogP contribution in [0.2, 0.25) is 0 Å². The van der Waals surface area contributed by atoms with Crippen LogP contribution in [0, 0.1) is 11.3 Å². The summed E-state index contributed by atoms with van der Waals surface area (Å²) in [6.07, 6.45) is 7.37. The molecule has 0 aromatic carbocycles. The summed E-state index contributed by atoms with van der Waals surface area (Å²) in [7, 11) is 0. The molecule has 3 aromatic rings. The van der Waals surface area contributed by atoms with Crippen LogP contribution in [0.3, 0.4) is 0 Å². The number of fused-ring (bicyclic) bond motifs is 2. The number of rotatable bonds is 3. The highest BCUT2D eigenvalue weighted by Crippen LogP contribution is 2.33. The average molecular weight is 387 g/mol. The first-order valence-electron chi connectivity index (χ1n) is 10.2. The number of pyridine rings is 2. The van der Waals surface area contributed by atoms with Crippen molar-refractivity contribution in [3.8, 4) is 11.3 Å². The predicted octanol–water partition coefficient (Wildman–Crippen LogP) is 2.96. The molecule has 0 fully saturated rings. The van der Waals surface area contributed by atoms with Gasteiger partial charge in [0.05, 0.1) is 5.69 Å². The summed E-state index contributed by atoms with van der Waals surface area (Å²) in [5.41, 5.74) is 4.22. The Labute approximate surface area is 170 Å². The molecule has 148 valence electrons. The lowest BCUT2D eigenvalue weighted by molar-refractivity contribution is 0.268. The lowest BCUT2D eigenvalue weighted by atomic mass is 9.90. The molecule has 0 N–H and O–H groups in total. The fourth-order valence-electron chi connectivity index (χ4n) is 4.70. The van der Waals surface area contributed by atoms with E-state index in [9.17, 15) is 4.79 Å². The van der Waals surface area contributed by atoms with E-state index in [0.29, 0.717) is 18.2 Å². The van der Waals surface area contributed by atoms with Crippen molar-refractivity contribution in [2.45, 2.75) is 33.2 Å². The van der Waals surface area contributed by atoms with Crippen LogP contribution in [0.25, 0.3) is 11.3 Å². The molecule has 3 aromatic heterocycles. The molecule has 1 atom stereocenters. The van der Waals surface area contributed by atoms with E-state index in [1.54, 1.807) is 18.5 Å². The molecule has 1 unspecified atom stereocenters. The molecule has 0 bridgehead atoms. The van der Waals surface area contributed by atoms with Gasteiger partial charge in [-0.15, -0.1) is 0 Å². The highest BCUT2D eigenvalue weighted by Gasteiger charge is 2.34. The molecule has 4 heterocycles. The molecule has 6 heteroatoms. The molecule has 6 nitrogen and oxygen atoms in total. The Morgan fingerprint density at radius 2 is 1.93 bits per heavy atom. The van der Waals surface area contributed by atoms with Gasteiger partial charge in [0.15, 0.2) is 0 Å². The summed E-state index contributed by atoms with van der Waals surface area (Å²) in [4.78, 5) is 28.8. The number of hydrogen-bond donors (Lipinski definition) is 0. The maximum absolute atomic E-state index is 13.0. The van der Waals surface area contributed by atoms with Gasteiger partial charge in [0, 0.05) is 61.0 Å². The van der Waals surface area contributed by atoms with Crippen molar-refractivity contribution in [2.75, 3.05) is 18.0 Å². The van der Waals surface area contributed by atoms with Crippen molar-refractivity contribution < 1.29 is 0 Å². The smallest absolute Gasteiger partial charge is 0.255 e. The summed E-state index contributed by atoms with van der Waals surface area (Å²) in [5, 5.41) is 0. The van der Waals surface area contributed by atoms with Crippen molar-refractivity contribution >= 4 is 5.95 Å². The quantitative estimate of drug-likeness (QED) is 0.691. The van der Waals surface area contributed by atoms with Crippen LogP contribution in [0.4, 0.5) is 5.95 Å². The van der Waals surface area contributed by atoms with Crippen molar-refractivity contribution in [3.05, 3.63) is 70.5 Å².